The summed E-state index contributed by atoms with van der Waals surface area (Å²) >= 11 is 0. The van der Waals surface area contributed by atoms with Crippen LogP contribution in [0.4, 0.5) is 0 Å². The number of nitriles is 1. The molecule has 2 aromatic rings. The first-order valence-corrected chi connectivity index (χ1v) is 6.77. The summed E-state index contributed by atoms with van der Waals surface area (Å²) in [6.07, 6.45) is 6.32. The van der Waals surface area contributed by atoms with Crippen molar-refractivity contribution in [3.8, 4) is 6.07 Å². The molecule has 0 radical (unpaired) electrons. The Morgan fingerprint density at radius 3 is 2.15 bits per heavy atom. The lowest BCUT2D eigenvalue weighted by atomic mass is 9.99. The Balaban J connectivity index is 2.06. The Morgan fingerprint density at radius 2 is 1.65 bits per heavy atom. The Hall–Kier alpha value is -2.28. The fraction of sp³-hybridized carbons (Fsp3) is 0.375. The first kappa shape index (κ1) is 14.1. The summed E-state index contributed by atoms with van der Waals surface area (Å²) in [6.45, 7) is 6.37. The lowest BCUT2D eigenvalue weighted by Gasteiger charge is -2.11. The van der Waals surface area contributed by atoms with Gasteiger partial charge in [-0.1, -0.05) is 26.8 Å². The summed E-state index contributed by atoms with van der Waals surface area (Å²) in [5.41, 5.74) is 2.69. The number of aromatic nitrogens is 3. The van der Waals surface area contributed by atoms with Crippen molar-refractivity contribution in [3.05, 3.63) is 53.4 Å². The number of rotatable bonds is 4. The smallest absolute Gasteiger partial charge is 0.140 e. The van der Waals surface area contributed by atoms with E-state index in [1.54, 1.807) is 12.3 Å². The second-order valence-electron chi connectivity index (χ2n) is 5.28. The molecule has 0 saturated carbocycles. The molecular formula is C16H18N4. The predicted molar refractivity (Wildman–Crippen MR) is 77.2 cm³/mol. The molecule has 2 aromatic heterocycles. The lowest BCUT2D eigenvalue weighted by Crippen LogP contribution is -2.04. The van der Waals surface area contributed by atoms with E-state index in [-0.39, 0.29) is 5.92 Å². The number of hydrogen-bond donors (Lipinski definition) is 0. The van der Waals surface area contributed by atoms with E-state index in [0.717, 1.165) is 23.4 Å². The molecule has 0 saturated heterocycles. The van der Waals surface area contributed by atoms with E-state index < -0.39 is 0 Å². The summed E-state index contributed by atoms with van der Waals surface area (Å²) in [6, 6.07) is 5.71. The monoisotopic (exact) mass is 266 g/mol. The van der Waals surface area contributed by atoms with Gasteiger partial charge >= 0.3 is 0 Å². The molecule has 20 heavy (non-hydrogen) atoms. The second-order valence-corrected chi connectivity index (χ2v) is 5.28. The summed E-state index contributed by atoms with van der Waals surface area (Å²) < 4.78 is 0. The van der Waals surface area contributed by atoms with Crippen LogP contribution < -0.4 is 0 Å². The molecule has 2 heterocycles. The second kappa shape index (κ2) is 6.25. The van der Waals surface area contributed by atoms with Crippen LogP contribution in [0.5, 0.6) is 0 Å². The van der Waals surface area contributed by atoms with Crippen LogP contribution in [0, 0.1) is 11.3 Å². The Kier molecular flexibility index (Phi) is 4.41. The van der Waals surface area contributed by atoms with Crippen molar-refractivity contribution in [1.29, 1.82) is 5.26 Å². The number of hydrogen-bond acceptors (Lipinski definition) is 4. The van der Waals surface area contributed by atoms with Gasteiger partial charge in [-0.2, -0.15) is 5.26 Å². The maximum absolute atomic E-state index is 8.74. The molecule has 4 nitrogen and oxygen atoms in total. The minimum absolute atomic E-state index is 0.278. The minimum atomic E-state index is 0.278. The van der Waals surface area contributed by atoms with Crippen LogP contribution in [0.2, 0.25) is 0 Å². The van der Waals surface area contributed by atoms with Gasteiger partial charge in [-0.05, 0) is 29.0 Å². The average molecular weight is 266 g/mol. The molecule has 4 heteroatoms. The van der Waals surface area contributed by atoms with Gasteiger partial charge in [0.2, 0.25) is 0 Å². The molecule has 0 fully saturated rings. The Bertz CT molecular complexity index is 594. The predicted octanol–water partition coefficient (Wildman–Crippen LogP) is 3.21. The van der Waals surface area contributed by atoms with Crippen LogP contribution in [-0.2, 0) is 6.42 Å². The highest BCUT2D eigenvalue weighted by Gasteiger charge is 2.10. The highest BCUT2D eigenvalue weighted by atomic mass is 14.9. The van der Waals surface area contributed by atoms with Gasteiger partial charge < -0.3 is 0 Å². The first-order valence-electron chi connectivity index (χ1n) is 6.77. The molecule has 0 N–H and O–H groups in total. The Morgan fingerprint density at radius 1 is 1.00 bits per heavy atom. The fourth-order valence-electron chi connectivity index (χ4n) is 1.92. The molecule has 0 aromatic carbocycles. The number of pyridine rings is 1. The minimum Gasteiger partial charge on any atom is -0.245 e. The van der Waals surface area contributed by atoms with E-state index in [4.69, 9.17) is 5.26 Å². The Labute approximate surface area is 119 Å². The van der Waals surface area contributed by atoms with Crippen molar-refractivity contribution >= 4 is 0 Å². The lowest BCUT2D eigenvalue weighted by molar-refractivity contribution is 0.707. The van der Waals surface area contributed by atoms with Crippen molar-refractivity contribution in [2.45, 2.75) is 39.0 Å². The molecule has 0 amide bonds. The zero-order valence-corrected chi connectivity index (χ0v) is 12.0. The van der Waals surface area contributed by atoms with Crippen molar-refractivity contribution in [3.63, 3.8) is 0 Å². The van der Waals surface area contributed by atoms with Crippen molar-refractivity contribution in [1.82, 2.24) is 15.0 Å². The van der Waals surface area contributed by atoms with Crippen LogP contribution in [0.25, 0.3) is 0 Å². The molecule has 1 atom stereocenters. The first-order chi connectivity index (χ1) is 9.60. The van der Waals surface area contributed by atoms with Gasteiger partial charge in [0.1, 0.15) is 17.6 Å². The van der Waals surface area contributed by atoms with Gasteiger partial charge in [0.25, 0.3) is 0 Å². The normalized spacial score (nSPS) is 12.2. The summed E-state index contributed by atoms with van der Waals surface area (Å²) in [7, 11) is 0. The van der Waals surface area contributed by atoms with Crippen LogP contribution in [-0.4, -0.2) is 15.0 Å². The fourth-order valence-corrected chi connectivity index (χ4v) is 1.92. The molecule has 0 spiro atoms. The van der Waals surface area contributed by atoms with Gasteiger partial charge in [-0.25, -0.2) is 15.0 Å². The van der Waals surface area contributed by atoms with Gasteiger partial charge in [0.05, 0.1) is 0 Å². The van der Waals surface area contributed by atoms with Crippen LogP contribution in [0.3, 0.4) is 0 Å². The van der Waals surface area contributed by atoms with Gasteiger partial charge in [-0.15, -0.1) is 0 Å². The van der Waals surface area contributed by atoms with E-state index in [1.807, 2.05) is 24.5 Å². The third-order valence-corrected chi connectivity index (χ3v) is 3.35. The van der Waals surface area contributed by atoms with Crippen LogP contribution in [0.15, 0.2) is 30.7 Å². The summed E-state index contributed by atoms with van der Waals surface area (Å²) in [5.74, 6) is 1.57. The van der Waals surface area contributed by atoms with Crippen LogP contribution in [0.1, 0.15) is 55.3 Å². The third-order valence-electron chi connectivity index (χ3n) is 3.35. The van der Waals surface area contributed by atoms with E-state index in [0.29, 0.717) is 11.6 Å². The van der Waals surface area contributed by atoms with Gasteiger partial charge in [-0.3, -0.25) is 0 Å². The van der Waals surface area contributed by atoms with Gasteiger partial charge in [0.15, 0.2) is 0 Å². The maximum atomic E-state index is 8.74. The quantitative estimate of drug-likeness (QED) is 0.852. The van der Waals surface area contributed by atoms with Crippen molar-refractivity contribution < 1.29 is 0 Å². The zero-order valence-electron chi connectivity index (χ0n) is 12.0. The van der Waals surface area contributed by atoms with Crippen molar-refractivity contribution in [2.24, 2.45) is 0 Å². The molecule has 0 aliphatic rings. The molecule has 0 aliphatic heterocycles. The van der Waals surface area contributed by atoms with E-state index >= 15 is 0 Å². The molecule has 2 rings (SSSR count). The molecule has 0 aliphatic carbocycles. The van der Waals surface area contributed by atoms with E-state index in [9.17, 15) is 0 Å². The zero-order chi connectivity index (χ0) is 14.5. The largest absolute Gasteiger partial charge is 0.245 e. The van der Waals surface area contributed by atoms with Crippen LogP contribution >= 0.6 is 0 Å². The van der Waals surface area contributed by atoms with E-state index in [2.05, 4.69) is 35.7 Å². The number of nitrogens with zero attached hydrogens (tertiary/aromatic N) is 4. The average Bonchev–Trinajstić information content (AvgIpc) is 2.48. The molecular weight excluding hydrogens is 248 g/mol. The summed E-state index contributed by atoms with van der Waals surface area (Å²) in [4.78, 5) is 12.9. The van der Waals surface area contributed by atoms with Gasteiger partial charge in [0, 0.05) is 25.0 Å². The third kappa shape index (κ3) is 3.39. The summed E-state index contributed by atoms with van der Waals surface area (Å²) in [5, 5.41) is 8.74. The van der Waals surface area contributed by atoms with E-state index in [1.165, 1.54) is 0 Å². The standard InChI is InChI=1S/C16H18N4/c1-11(2)14-9-19-16(20-10-14)6-12(3)13-4-5-15(7-17)18-8-13/h4-5,8-12H,6H2,1-3H3/t12-/m0/s1. The molecule has 0 bridgehead atoms. The maximum Gasteiger partial charge on any atom is 0.140 e. The topological polar surface area (TPSA) is 62.5 Å². The SMILES string of the molecule is CC(C)c1cnc(C[C@H](C)c2ccc(C#N)nc2)nc1. The molecule has 102 valence electrons. The highest BCUT2D eigenvalue weighted by Crippen LogP contribution is 2.19. The molecule has 0 unspecified atom stereocenters. The van der Waals surface area contributed by atoms with Crippen molar-refractivity contribution in [2.75, 3.05) is 0 Å². The highest BCUT2D eigenvalue weighted by molar-refractivity contribution is 5.25.